The molecule has 8 nitrogen and oxygen atoms in total. The molecule has 1 N–H and O–H groups in total. The third kappa shape index (κ3) is 5.69. The summed E-state index contributed by atoms with van der Waals surface area (Å²) in [4.78, 5) is 32.9. The first-order chi connectivity index (χ1) is 17.5. The number of rotatable bonds is 5. The Morgan fingerprint density at radius 3 is 2.33 bits per heavy atom. The van der Waals surface area contributed by atoms with E-state index in [1.165, 1.54) is 25.9 Å². The summed E-state index contributed by atoms with van der Waals surface area (Å²) in [6.07, 6.45) is 8.79. The quantitative estimate of drug-likeness (QED) is 0.679. The Kier molecular flexibility index (Phi) is 7.79. The largest absolute Gasteiger partial charge is 0.436 e. The number of amides is 2. The van der Waals surface area contributed by atoms with Gasteiger partial charge >= 0.3 is 6.09 Å². The number of nitrogens with zero attached hydrogens (tertiary/aromatic N) is 4. The summed E-state index contributed by atoms with van der Waals surface area (Å²) >= 11 is 0. The van der Waals surface area contributed by atoms with E-state index >= 15 is 0 Å². The number of fused-ring (bicyclic) bond motifs is 1. The summed E-state index contributed by atoms with van der Waals surface area (Å²) in [5, 5.41) is 8.20. The van der Waals surface area contributed by atoms with Gasteiger partial charge in [-0.1, -0.05) is 6.07 Å². The standard InChI is InChI=1S/C28H41N5O3/c1-20-16-21(17-24-19-29-30-26(20)24)18-25(36-28(35)33-10-4-3-5-11-33)27(34)32-14-8-23(9-15-32)22-6-12-31(2)13-7-22/h16-17,19,22-23,25H,3-15,18H2,1-2H3,(H,29,30). The first-order valence-corrected chi connectivity index (χ1v) is 13.8. The van der Waals surface area contributed by atoms with E-state index in [1.54, 1.807) is 11.1 Å². The second kappa shape index (κ2) is 11.2. The first kappa shape index (κ1) is 25.1. The van der Waals surface area contributed by atoms with Crippen molar-refractivity contribution in [3.05, 3.63) is 29.5 Å². The number of H-pyrrole nitrogens is 1. The second-order valence-electron chi connectivity index (χ2n) is 11.2. The van der Waals surface area contributed by atoms with Gasteiger partial charge in [0, 0.05) is 38.0 Å². The molecule has 2 amide bonds. The first-order valence-electron chi connectivity index (χ1n) is 13.8. The van der Waals surface area contributed by atoms with Crippen LogP contribution in [0.5, 0.6) is 0 Å². The zero-order chi connectivity index (χ0) is 25.1. The lowest BCUT2D eigenvalue weighted by molar-refractivity contribution is -0.142. The molecule has 0 radical (unpaired) electrons. The molecule has 0 saturated carbocycles. The molecule has 36 heavy (non-hydrogen) atoms. The lowest BCUT2D eigenvalue weighted by Crippen LogP contribution is -2.49. The van der Waals surface area contributed by atoms with Crippen molar-refractivity contribution in [1.29, 1.82) is 0 Å². The van der Waals surface area contributed by atoms with Crippen LogP contribution >= 0.6 is 0 Å². The summed E-state index contributed by atoms with van der Waals surface area (Å²) in [5.74, 6) is 1.42. The maximum Gasteiger partial charge on any atom is 0.410 e. The van der Waals surface area contributed by atoms with Crippen molar-refractivity contribution in [3.63, 3.8) is 0 Å². The number of likely N-dealkylation sites (tertiary alicyclic amines) is 3. The number of ether oxygens (including phenoxy) is 1. The molecule has 8 heteroatoms. The normalized spacial score (nSPS) is 21.6. The summed E-state index contributed by atoms with van der Waals surface area (Å²) < 4.78 is 5.96. The van der Waals surface area contributed by atoms with Crippen molar-refractivity contribution in [2.75, 3.05) is 46.3 Å². The van der Waals surface area contributed by atoms with E-state index in [4.69, 9.17) is 4.74 Å². The number of nitrogens with one attached hydrogen (secondary N) is 1. The zero-order valence-corrected chi connectivity index (χ0v) is 21.9. The van der Waals surface area contributed by atoms with Gasteiger partial charge in [0.25, 0.3) is 5.91 Å². The zero-order valence-electron chi connectivity index (χ0n) is 21.9. The molecular formula is C28H41N5O3. The predicted octanol–water partition coefficient (Wildman–Crippen LogP) is 3.99. The number of aromatic amines is 1. The molecule has 3 aliphatic heterocycles. The van der Waals surface area contributed by atoms with Gasteiger partial charge in [0.2, 0.25) is 0 Å². The molecule has 0 bridgehead atoms. The Balaban J connectivity index is 1.27. The van der Waals surface area contributed by atoms with E-state index < -0.39 is 6.10 Å². The third-order valence-electron chi connectivity index (χ3n) is 8.64. The highest BCUT2D eigenvalue weighted by Gasteiger charge is 2.35. The van der Waals surface area contributed by atoms with Crippen LogP contribution in [0.1, 0.15) is 56.1 Å². The van der Waals surface area contributed by atoms with Gasteiger partial charge in [0.1, 0.15) is 0 Å². The SMILES string of the molecule is Cc1cc(CC(OC(=O)N2CCCCC2)C(=O)N2CCC(C3CCN(C)CC3)CC2)cc2cn[nH]c12. The number of carbonyl (C=O) groups is 2. The molecule has 4 heterocycles. The number of hydrogen-bond donors (Lipinski definition) is 1. The molecule has 1 aromatic heterocycles. The molecule has 1 aromatic carbocycles. The van der Waals surface area contributed by atoms with Gasteiger partial charge in [-0.3, -0.25) is 9.89 Å². The highest BCUT2D eigenvalue weighted by atomic mass is 16.6. The van der Waals surface area contributed by atoms with Crippen molar-refractivity contribution in [2.24, 2.45) is 11.8 Å². The summed E-state index contributed by atoms with van der Waals surface area (Å²) in [6.45, 7) is 7.33. The number of aromatic nitrogens is 2. The van der Waals surface area contributed by atoms with Gasteiger partial charge in [0.05, 0.1) is 11.7 Å². The summed E-state index contributed by atoms with van der Waals surface area (Å²) in [5.41, 5.74) is 3.07. The van der Waals surface area contributed by atoms with Crippen LogP contribution in [-0.4, -0.2) is 89.3 Å². The van der Waals surface area contributed by atoms with E-state index in [0.717, 1.165) is 73.1 Å². The van der Waals surface area contributed by atoms with E-state index in [9.17, 15) is 9.59 Å². The third-order valence-corrected chi connectivity index (χ3v) is 8.64. The van der Waals surface area contributed by atoms with Crippen molar-refractivity contribution in [1.82, 2.24) is 24.9 Å². The smallest absolute Gasteiger partial charge is 0.410 e. The van der Waals surface area contributed by atoms with Gasteiger partial charge in [-0.05, 0) is 101 Å². The Bertz CT molecular complexity index is 1050. The Hall–Kier alpha value is -2.61. The fourth-order valence-corrected chi connectivity index (χ4v) is 6.39. The average molecular weight is 496 g/mol. The summed E-state index contributed by atoms with van der Waals surface area (Å²) in [7, 11) is 2.20. The molecular weight excluding hydrogens is 454 g/mol. The number of benzene rings is 1. The van der Waals surface area contributed by atoms with Gasteiger partial charge < -0.3 is 19.4 Å². The topological polar surface area (TPSA) is 81.8 Å². The molecule has 0 spiro atoms. The maximum atomic E-state index is 13.8. The minimum absolute atomic E-state index is 0.0490. The van der Waals surface area contributed by atoms with Crippen LogP contribution in [0, 0.1) is 18.8 Å². The van der Waals surface area contributed by atoms with E-state index in [-0.39, 0.29) is 12.0 Å². The molecule has 5 rings (SSSR count). The van der Waals surface area contributed by atoms with Gasteiger partial charge in [-0.15, -0.1) is 0 Å². The van der Waals surface area contributed by atoms with Crippen molar-refractivity contribution < 1.29 is 14.3 Å². The minimum Gasteiger partial charge on any atom is -0.436 e. The van der Waals surface area contributed by atoms with Crippen LogP contribution in [0.4, 0.5) is 4.79 Å². The van der Waals surface area contributed by atoms with Crippen molar-refractivity contribution in [2.45, 2.75) is 64.4 Å². The monoisotopic (exact) mass is 495 g/mol. The lowest BCUT2D eigenvalue weighted by Gasteiger charge is -2.40. The van der Waals surface area contributed by atoms with Gasteiger partial charge in [-0.2, -0.15) is 5.10 Å². The highest BCUT2D eigenvalue weighted by Crippen LogP contribution is 2.32. The fourth-order valence-electron chi connectivity index (χ4n) is 6.39. The Morgan fingerprint density at radius 2 is 1.64 bits per heavy atom. The lowest BCUT2D eigenvalue weighted by atomic mass is 9.79. The molecule has 3 fully saturated rings. The van der Waals surface area contributed by atoms with E-state index in [1.807, 2.05) is 17.9 Å². The Labute approximate surface area is 214 Å². The van der Waals surface area contributed by atoms with Crippen LogP contribution in [-0.2, 0) is 16.0 Å². The molecule has 196 valence electrons. The minimum atomic E-state index is -0.803. The van der Waals surface area contributed by atoms with E-state index in [2.05, 4.69) is 28.2 Å². The molecule has 1 unspecified atom stereocenters. The molecule has 0 aliphatic carbocycles. The van der Waals surface area contributed by atoms with Crippen molar-refractivity contribution >= 4 is 22.9 Å². The van der Waals surface area contributed by atoms with Gasteiger partial charge in [-0.25, -0.2) is 4.79 Å². The Morgan fingerprint density at radius 1 is 0.972 bits per heavy atom. The maximum absolute atomic E-state index is 13.8. The number of piperidine rings is 3. The molecule has 2 aromatic rings. The average Bonchev–Trinajstić information content (AvgIpc) is 3.38. The van der Waals surface area contributed by atoms with Crippen LogP contribution in [0.15, 0.2) is 18.3 Å². The second-order valence-corrected chi connectivity index (χ2v) is 11.2. The van der Waals surface area contributed by atoms with Crippen LogP contribution in [0.3, 0.4) is 0 Å². The fraction of sp³-hybridized carbons (Fsp3) is 0.679. The van der Waals surface area contributed by atoms with Crippen LogP contribution in [0.2, 0.25) is 0 Å². The predicted molar refractivity (Wildman–Crippen MR) is 140 cm³/mol. The summed E-state index contributed by atoms with van der Waals surface area (Å²) in [6, 6.07) is 4.12. The number of aryl methyl sites for hydroxylation is 1. The number of hydrogen-bond acceptors (Lipinski definition) is 5. The highest BCUT2D eigenvalue weighted by molar-refractivity contribution is 5.85. The molecule has 3 aliphatic rings. The number of carbonyl (C=O) groups excluding carboxylic acids is 2. The van der Waals surface area contributed by atoms with Crippen LogP contribution < -0.4 is 0 Å². The van der Waals surface area contributed by atoms with Gasteiger partial charge in [0.15, 0.2) is 6.10 Å². The van der Waals surface area contributed by atoms with Crippen molar-refractivity contribution in [3.8, 4) is 0 Å². The van der Waals surface area contributed by atoms with E-state index in [0.29, 0.717) is 25.4 Å². The molecule has 3 saturated heterocycles. The molecule has 1 atom stereocenters. The van der Waals surface area contributed by atoms with Crippen LogP contribution in [0.25, 0.3) is 10.9 Å².